The van der Waals surface area contributed by atoms with Gasteiger partial charge in [-0.3, -0.25) is 0 Å². The zero-order valence-electron chi connectivity index (χ0n) is 14.6. The van der Waals surface area contributed by atoms with Crippen LogP contribution in [0.1, 0.15) is 32.3 Å². The summed E-state index contributed by atoms with van der Waals surface area (Å²) in [7, 11) is -2.56. The van der Waals surface area contributed by atoms with Gasteiger partial charge in [0, 0.05) is 32.4 Å². The average molecular weight is 338 g/mol. The van der Waals surface area contributed by atoms with Gasteiger partial charge in [-0.1, -0.05) is 36.9 Å². The lowest BCUT2D eigenvalue weighted by Gasteiger charge is -2.29. The van der Waals surface area contributed by atoms with Gasteiger partial charge in [-0.2, -0.15) is 0 Å². The van der Waals surface area contributed by atoms with Crippen molar-refractivity contribution in [3.8, 4) is 0 Å². The van der Waals surface area contributed by atoms with Gasteiger partial charge in [-0.15, -0.1) is 0 Å². The summed E-state index contributed by atoms with van der Waals surface area (Å²) in [6.07, 6.45) is 4.66. The Kier molecular flexibility index (Phi) is 10.6. The van der Waals surface area contributed by atoms with Gasteiger partial charge in [0.1, 0.15) is 0 Å². The van der Waals surface area contributed by atoms with Crippen molar-refractivity contribution in [3.05, 3.63) is 48.7 Å². The number of nitrogens with one attached hydrogen (secondary N) is 1. The molecule has 0 heterocycles. The molecule has 0 aliphatic carbocycles. The Morgan fingerprint density at radius 3 is 2.35 bits per heavy atom. The topological polar surface area (TPSA) is 39.7 Å². The molecule has 4 nitrogen and oxygen atoms in total. The summed E-state index contributed by atoms with van der Waals surface area (Å²) in [4.78, 5) is 0. The summed E-state index contributed by atoms with van der Waals surface area (Å²) in [5.41, 5.74) is 1.34. The number of hydrogen-bond acceptors (Lipinski definition) is 4. The predicted octanol–water partition coefficient (Wildman–Crippen LogP) is 3.77. The van der Waals surface area contributed by atoms with Crippen molar-refractivity contribution >= 4 is 8.80 Å². The van der Waals surface area contributed by atoms with E-state index in [1.165, 1.54) is 5.56 Å². The van der Waals surface area contributed by atoms with Gasteiger partial charge < -0.3 is 18.6 Å². The molecule has 0 aliphatic rings. The first kappa shape index (κ1) is 19.9. The zero-order chi connectivity index (χ0) is 16.8. The van der Waals surface area contributed by atoms with Crippen LogP contribution in [0.3, 0.4) is 0 Å². The number of hydrogen-bond donors (Lipinski definition) is 1. The van der Waals surface area contributed by atoms with Gasteiger partial charge >= 0.3 is 8.80 Å². The first-order chi connectivity index (χ1) is 11.3. The van der Waals surface area contributed by atoms with Crippen LogP contribution in [0.4, 0.5) is 0 Å². The molecule has 0 amide bonds. The quantitative estimate of drug-likeness (QED) is 0.414. The fourth-order valence-corrected chi connectivity index (χ4v) is 5.07. The molecule has 0 aromatic heterocycles. The van der Waals surface area contributed by atoms with Gasteiger partial charge in [-0.25, -0.2) is 0 Å². The molecule has 0 saturated carbocycles. The van der Waals surface area contributed by atoms with Crippen molar-refractivity contribution in [1.82, 2.24) is 5.32 Å². The van der Waals surface area contributed by atoms with Crippen LogP contribution in [-0.2, 0) is 19.7 Å². The van der Waals surface area contributed by atoms with Crippen molar-refractivity contribution in [2.75, 3.05) is 26.4 Å². The molecule has 0 bridgehead atoms. The summed E-state index contributed by atoms with van der Waals surface area (Å²) in [5.74, 6) is 0. The lowest BCUT2D eigenvalue weighted by atomic mass is 10.1. The molecule has 1 rings (SSSR count). The standard InChI is InChI=1S/C18H31NO3Si/c1-4-19-15-11-17-23(20-5-2,21-6-3)22-16-10-14-18-12-8-7-9-13-18/h4,7-9,12-13,19H,1,5-6,10-11,14-17H2,2-3H3. The van der Waals surface area contributed by atoms with Gasteiger partial charge in [0.2, 0.25) is 0 Å². The maximum absolute atomic E-state index is 6.15. The molecule has 0 radical (unpaired) electrons. The molecule has 0 unspecified atom stereocenters. The minimum absolute atomic E-state index is 0.625. The molecule has 1 aromatic carbocycles. The van der Waals surface area contributed by atoms with E-state index in [0.29, 0.717) is 19.8 Å². The van der Waals surface area contributed by atoms with Gasteiger partial charge in [0.15, 0.2) is 0 Å². The minimum atomic E-state index is -2.56. The highest BCUT2D eigenvalue weighted by molar-refractivity contribution is 6.60. The number of rotatable bonds is 14. The Morgan fingerprint density at radius 1 is 1.04 bits per heavy atom. The highest BCUT2D eigenvalue weighted by atomic mass is 28.4. The van der Waals surface area contributed by atoms with Gasteiger partial charge in [0.05, 0.1) is 0 Å². The van der Waals surface area contributed by atoms with Crippen molar-refractivity contribution in [3.63, 3.8) is 0 Å². The minimum Gasteiger partial charge on any atom is -0.391 e. The summed E-state index contributed by atoms with van der Waals surface area (Å²) in [6.45, 7) is 10.4. The van der Waals surface area contributed by atoms with Crippen molar-refractivity contribution in [2.24, 2.45) is 0 Å². The Bertz CT molecular complexity index is 408. The van der Waals surface area contributed by atoms with Crippen molar-refractivity contribution < 1.29 is 13.3 Å². The van der Waals surface area contributed by atoms with Crippen LogP contribution < -0.4 is 5.32 Å². The van der Waals surface area contributed by atoms with Crippen LogP contribution in [0.5, 0.6) is 0 Å². The normalized spacial score (nSPS) is 11.4. The molecule has 130 valence electrons. The Balaban J connectivity index is 2.44. The average Bonchev–Trinajstić information content (AvgIpc) is 2.57. The third-order valence-corrected chi connectivity index (χ3v) is 6.52. The summed E-state index contributed by atoms with van der Waals surface area (Å²) in [6, 6.07) is 11.3. The second-order valence-corrected chi connectivity index (χ2v) is 7.98. The lowest BCUT2D eigenvalue weighted by Crippen LogP contribution is -2.46. The van der Waals surface area contributed by atoms with Crippen LogP contribution in [0.2, 0.25) is 6.04 Å². The second kappa shape index (κ2) is 12.3. The first-order valence-electron chi connectivity index (χ1n) is 8.56. The largest absolute Gasteiger partial charge is 0.501 e. The predicted molar refractivity (Wildman–Crippen MR) is 97.3 cm³/mol. The maximum atomic E-state index is 6.15. The molecule has 0 atom stereocenters. The summed E-state index contributed by atoms with van der Waals surface area (Å²) >= 11 is 0. The van der Waals surface area contributed by atoms with E-state index >= 15 is 0 Å². The molecule has 1 N–H and O–H groups in total. The van der Waals surface area contributed by atoms with E-state index in [1.807, 2.05) is 19.9 Å². The van der Waals surface area contributed by atoms with E-state index in [-0.39, 0.29) is 0 Å². The molecular formula is C18H31NO3Si. The molecule has 0 fully saturated rings. The van der Waals surface area contributed by atoms with E-state index in [0.717, 1.165) is 31.9 Å². The fourth-order valence-electron chi connectivity index (χ4n) is 2.44. The van der Waals surface area contributed by atoms with Crippen LogP contribution >= 0.6 is 0 Å². The molecule has 0 aliphatic heterocycles. The Hall–Kier alpha value is -1.14. The van der Waals surface area contributed by atoms with Crippen LogP contribution in [0.15, 0.2) is 43.1 Å². The molecule has 1 aromatic rings. The molecular weight excluding hydrogens is 306 g/mol. The molecule has 0 saturated heterocycles. The zero-order valence-corrected chi connectivity index (χ0v) is 15.6. The number of aryl methyl sites for hydroxylation is 1. The highest BCUT2D eigenvalue weighted by Gasteiger charge is 2.39. The third-order valence-electron chi connectivity index (χ3n) is 3.45. The molecule has 0 spiro atoms. The summed E-state index contributed by atoms with van der Waals surface area (Å²) < 4.78 is 18.0. The Morgan fingerprint density at radius 2 is 1.74 bits per heavy atom. The van der Waals surface area contributed by atoms with E-state index < -0.39 is 8.80 Å². The summed E-state index contributed by atoms with van der Waals surface area (Å²) in [5, 5.41) is 3.11. The van der Waals surface area contributed by atoms with E-state index in [4.69, 9.17) is 13.3 Å². The smallest absolute Gasteiger partial charge is 0.391 e. The van der Waals surface area contributed by atoms with E-state index in [9.17, 15) is 0 Å². The van der Waals surface area contributed by atoms with Crippen molar-refractivity contribution in [2.45, 2.75) is 39.2 Å². The van der Waals surface area contributed by atoms with E-state index in [2.05, 4.69) is 36.2 Å². The van der Waals surface area contributed by atoms with Crippen LogP contribution in [-0.4, -0.2) is 35.2 Å². The SMILES string of the molecule is C=CNCCC[Si](OCC)(OCC)OCCCc1ccccc1. The highest BCUT2D eigenvalue weighted by Crippen LogP contribution is 2.18. The monoisotopic (exact) mass is 337 g/mol. The molecule has 23 heavy (non-hydrogen) atoms. The first-order valence-corrected chi connectivity index (χ1v) is 10.5. The fraction of sp³-hybridized carbons (Fsp3) is 0.556. The Labute approximate surface area is 142 Å². The molecule has 5 heteroatoms. The number of benzene rings is 1. The van der Waals surface area contributed by atoms with Gasteiger partial charge in [0.25, 0.3) is 0 Å². The van der Waals surface area contributed by atoms with Crippen molar-refractivity contribution in [1.29, 1.82) is 0 Å². The van der Waals surface area contributed by atoms with Gasteiger partial charge in [-0.05, 0) is 44.9 Å². The van der Waals surface area contributed by atoms with E-state index in [1.54, 1.807) is 6.20 Å². The third kappa shape index (κ3) is 8.32. The maximum Gasteiger partial charge on any atom is 0.501 e. The second-order valence-electron chi connectivity index (χ2n) is 5.25. The van der Waals surface area contributed by atoms with Crippen LogP contribution in [0.25, 0.3) is 0 Å². The van der Waals surface area contributed by atoms with Crippen LogP contribution in [0, 0.1) is 0 Å². The lowest BCUT2D eigenvalue weighted by molar-refractivity contribution is 0.0658.